The molecule has 1 aliphatic carbocycles. The number of hydrogen-bond donors (Lipinski definition) is 0. The Kier molecular flexibility index (Phi) is 4.54. The molecule has 0 amide bonds. The van der Waals surface area contributed by atoms with Crippen LogP contribution in [0.15, 0.2) is 53.7 Å². The van der Waals surface area contributed by atoms with Crippen molar-refractivity contribution in [1.82, 2.24) is 14.7 Å². The molecule has 3 aromatic rings. The van der Waals surface area contributed by atoms with Gasteiger partial charge in [-0.3, -0.25) is 4.90 Å². The molecule has 2 fully saturated rings. The number of aryl methyl sites for hydroxylation is 2. The SMILES string of the molecule is Cc1cc(C2CC3(C2)CN(Cc2cc(N=O)ccc2F)C3)n(-c2ccccc2C)n1. The maximum absolute atomic E-state index is 14.1. The molecule has 0 bridgehead atoms. The van der Waals surface area contributed by atoms with Crippen LogP contribution in [0.1, 0.15) is 41.3 Å². The molecule has 1 saturated heterocycles. The lowest BCUT2D eigenvalue weighted by atomic mass is 9.57. The maximum atomic E-state index is 14.1. The van der Waals surface area contributed by atoms with E-state index in [0.717, 1.165) is 37.3 Å². The molecule has 154 valence electrons. The van der Waals surface area contributed by atoms with Crippen LogP contribution < -0.4 is 0 Å². The van der Waals surface area contributed by atoms with E-state index in [0.29, 0.717) is 23.4 Å². The van der Waals surface area contributed by atoms with Gasteiger partial charge in [0.25, 0.3) is 0 Å². The van der Waals surface area contributed by atoms with Crippen LogP contribution in [0, 0.1) is 30.0 Å². The van der Waals surface area contributed by atoms with Gasteiger partial charge in [-0.05, 0) is 73.2 Å². The van der Waals surface area contributed by atoms with Crippen molar-refractivity contribution in [3.05, 3.63) is 81.8 Å². The molecular weight excluding hydrogens is 379 g/mol. The normalized spacial score (nSPS) is 18.2. The molecule has 0 unspecified atom stereocenters. The molecule has 0 N–H and O–H groups in total. The molecule has 1 spiro atoms. The lowest BCUT2D eigenvalue weighted by molar-refractivity contribution is -0.0790. The minimum Gasteiger partial charge on any atom is -0.298 e. The van der Waals surface area contributed by atoms with E-state index in [4.69, 9.17) is 5.10 Å². The molecule has 1 aromatic heterocycles. The number of benzene rings is 2. The Hall–Kier alpha value is -2.86. The van der Waals surface area contributed by atoms with Gasteiger partial charge in [-0.25, -0.2) is 9.07 Å². The van der Waals surface area contributed by atoms with Crippen molar-refractivity contribution in [3.63, 3.8) is 0 Å². The molecule has 6 heteroatoms. The molecular formula is C24H25FN4O. The number of nitrogens with zero attached hydrogens (tertiary/aromatic N) is 4. The van der Waals surface area contributed by atoms with E-state index in [1.165, 1.54) is 23.4 Å². The molecule has 5 nitrogen and oxygen atoms in total. The first-order valence-corrected chi connectivity index (χ1v) is 10.4. The lowest BCUT2D eigenvalue weighted by Crippen LogP contribution is -2.61. The Morgan fingerprint density at radius 2 is 1.90 bits per heavy atom. The second-order valence-corrected chi connectivity index (χ2v) is 9.03. The van der Waals surface area contributed by atoms with E-state index in [1.807, 2.05) is 0 Å². The van der Waals surface area contributed by atoms with E-state index in [9.17, 15) is 9.30 Å². The fraction of sp³-hybridized carbons (Fsp3) is 0.375. The van der Waals surface area contributed by atoms with Gasteiger partial charge in [0, 0.05) is 36.8 Å². The summed E-state index contributed by atoms with van der Waals surface area (Å²) in [6, 6.07) is 14.9. The highest BCUT2D eigenvalue weighted by molar-refractivity contribution is 5.43. The molecule has 2 heterocycles. The Labute approximate surface area is 175 Å². The van der Waals surface area contributed by atoms with Crippen LogP contribution in [0.3, 0.4) is 0 Å². The number of rotatable bonds is 5. The number of halogens is 1. The highest BCUT2D eigenvalue weighted by Crippen LogP contribution is 2.56. The summed E-state index contributed by atoms with van der Waals surface area (Å²) in [4.78, 5) is 13.0. The molecule has 5 rings (SSSR count). The predicted molar refractivity (Wildman–Crippen MR) is 115 cm³/mol. The van der Waals surface area contributed by atoms with Crippen molar-refractivity contribution >= 4 is 5.69 Å². The first-order chi connectivity index (χ1) is 14.5. The van der Waals surface area contributed by atoms with Gasteiger partial charge in [0.05, 0.1) is 11.4 Å². The van der Waals surface area contributed by atoms with E-state index >= 15 is 0 Å². The highest BCUT2D eigenvalue weighted by atomic mass is 19.1. The predicted octanol–water partition coefficient (Wildman–Crippen LogP) is 5.41. The maximum Gasteiger partial charge on any atom is 0.127 e. The second-order valence-electron chi connectivity index (χ2n) is 9.03. The number of para-hydroxylation sites is 1. The van der Waals surface area contributed by atoms with Crippen molar-refractivity contribution in [2.45, 2.75) is 39.2 Å². The summed E-state index contributed by atoms with van der Waals surface area (Å²) < 4.78 is 16.2. The fourth-order valence-corrected chi connectivity index (χ4v) is 5.25. The Morgan fingerprint density at radius 3 is 2.63 bits per heavy atom. The van der Waals surface area contributed by atoms with E-state index < -0.39 is 0 Å². The third-order valence-electron chi connectivity index (χ3n) is 6.63. The zero-order chi connectivity index (χ0) is 20.9. The van der Waals surface area contributed by atoms with Gasteiger partial charge >= 0.3 is 0 Å². The van der Waals surface area contributed by atoms with Gasteiger partial charge in [0.1, 0.15) is 11.5 Å². The molecule has 0 atom stereocenters. The van der Waals surface area contributed by atoms with Gasteiger partial charge in [0.2, 0.25) is 0 Å². The number of likely N-dealkylation sites (tertiary alicyclic amines) is 1. The Bertz CT molecular complexity index is 1110. The minimum absolute atomic E-state index is 0.271. The number of hydrogen-bond acceptors (Lipinski definition) is 4. The summed E-state index contributed by atoms with van der Waals surface area (Å²) in [6.07, 6.45) is 2.28. The van der Waals surface area contributed by atoms with E-state index in [2.05, 4.69) is 58.9 Å². The van der Waals surface area contributed by atoms with Gasteiger partial charge in [-0.2, -0.15) is 5.10 Å². The summed E-state index contributed by atoms with van der Waals surface area (Å²) in [5.41, 5.74) is 5.87. The first-order valence-electron chi connectivity index (χ1n) is 10.4. The second kappa shape index (κ2) is 7.13. The van der Waals surface area contributed by atoms with Crippen LogP contribution in [0.5, 0.6) is 0 Å². The molecule has 2 aromatic carbocycles. The van der Waals surface area contributed by atoms with Gasteiger partial charge in [-0.1, -0.05) is 18.2 Å². The average Bonchev–Trinajstić information content (AvgIpc) is 3.05. The summed E-state index contributed by atoms with van der Waals surface area (Å²) in [7, 11) is 0. The molecule has 0 radical (unpaired) electrons. The number of aromatic nitrogens is 2. The summed E-state index contributed by atoms with van der Waals surface area (Å²) >= 11 is 0. The molecule has 1 aliphatic heterocycles. The van der Waals surface area contributed by atoms with Crippen LogP contribution in [0.2, 0.25) is 0 Å². The Balaban J connectivity index is 1.25. The van der Waals surface area contributed by atoms with Crippen LogP contribution >= 0.6 is 0 Å². The van der Waals surface area contributed by atoms with Crippen molar-refractivity contribution < 1.29 is 4.39 Å². The number of nitroso groups, excluding NO2 is 1. The third-order valence-corrected chi connectivity index (χ3v) is 6.63. The minimum atomic E-state index is -0.271. The largest absolute Gasteiger partial charge is 0.298 e. The van der Waals surface area contributed by atoms with Gasteiger partial charge < -0.3 is 0 Å². The fourth-order valence-electron chi connectivity index (χ4n) is 5.25. The van der Waals surface area contributed by atoms with Gasteiger partial charge in [0.15, 0.2) is 0 Å². The van der Waals surface area contributed by atoms with Crippen molar-refractivity contribution in [1.29, 1.82) is 0 Å². The molecule has 30 heavy (non-hydrogen) atoms. The Morgan fingerprint density at radius 1 is 1.13 bits per heavy atom. The molecule has 2 aliphatic rings. The van der Waals surface area contributed by atoms with Crippen molar-refractivity contribution in [2.24, 2.45) is 10.6 Å². The van der Waals surface area contributed by atoms with Crippen molar-refractivity contribution in [3.8, 4) is 5.69 Å². The smallest absolute Gasteiger partial charge is 0.127 e. The summed E-state index contributed by atoms with van der Waals surface area (Å²) in [5.74, 6) is 0.236. The van der Waals surface area contributed by atoms with Crippen LogP contribution in [0.25, 0.3) is 5.69 Å². The standard InChI is InChI=1S/C24H25FN4O/c1-16-5-3-4-6-22(16)29-23(9-17(2)26-29)19-11-24(12-19)14-28(15-24)13-18-10-20(27-30)7-8-21(18)25/h3-10,19H,11-15H2,1-2H3. The monoisotopic (exact) mass is 404 g/mol. The summed E-state index contributed by atoms with van der Waals surface area (Å²) in [5, 5.41) is 7.68. The lowest BCUT2D eigenvalue weighted by Gasteiger charge is -2.59. The first kappa shape index (κ1) is 19.1. The van der Waals surface area contributed by atoms with E-state index in [-0.39, 0.29) is 11.5 Å². The summed E-state index contributed by atoms with van der Waals surface area (Å²) in [6.45, 7) is 6.64. The third kappa shape index (κ3) is 3.25. The quantitative estimate of drug-likeness (QED) is 0.535. The van der Waals surface area contributed by atoms with E-state index in [1.54, 1.807) is 6.07 Å². The topological polar surface area (TPSA) is 50.5 Å². The highest BCUT2D eigenvalue weighted by Gasteiger charge is 2.53. The average molecular weight is 404 g/mol. The zero-order valence-corrected chi connectivity index (χ0v) is 17.3. The van der Waals surface area contributed by atoms with Crippen LogP contribution in [-0.2, 0) is 6.54 Å². The van der Waals surface area contributed by atoms with Crippen molar-refractivity contribution in [2.75, 3.05) is 13.1 Å². The van der Waals surface area contributed by atoms with Gasteiger partial charge in [-0.15, -0.1) is 4.91 Å². The van der Waals surface area contributed by atoms with Crippen LogP contribution in [-0.4, -0.2) is 27.8 Å². The van der Waals surface area contributed by atoms with Crippen LogP contribution in [0.4, 0.5) is 10.1 Å². The molecule has 1 saturated carbocycles. The zero-order valence-electron chi connectivity index (χ0n) is 17.3.